The predicted octanol–water partition coefficient (Wildman–Crippen LogP) is 4.16. The average Bonchev–Trinajstić information content (AvgIpc) is 3.67. The van der Waals surface area contributed by atoms with E-state index in [0.29, 0.717) is 18.9 Å². The lowest BCUT2D eigenvalue weighted by atomic mass is 10.1. The number of ether oxygens (including phenoxy) is 5. The number of carbonyl (C=O) groups excluding carboxylic acids is 1. The molecule has 0 unspecified atom stereocenters. The van der Waals surface area contributed by atoms with E-state index in [1.807, 2.05) is 60.8 Å². The molecule has 3 heterocycles. The summed E-state index contributed by atoms with van der Waals surface area (Å²) in [7, 11) is 2.81. The molecule has 43 heavy (non-hydrogen) atoms. The highest BCUT2D eigenvalue weighted by molar-refractivity contribution is 5.68. The normalized spacial score (nSPS) is 18.9. The molecule has 13 nitrogen and oxygen atoms in total. The maximum absolute atomic E-state index is 12.9. The maximum Gasteiger partial charge on any atom is 0.410 e. The van der Waals surface area contributed by atoms with Crippen LogP contribution in [0.1, 0.15) is 11.1 Å². The molecule has 2 aliphatic rings. The number of rotatable bonds is 10. The number of nitro benzene ring substituents is 1. The fourth-order valence-corrected chi connectivity index (χ4v) is 5.05. The first-order chi connectivity index (χ1) is 20.9. The molecule has 4 aromatic rings. The Balaban J connectivity index is 1.04. The van der Waals surface area contributed by atoms with Gasteiger partial charge in [0.05, 0.1) is 62.4 Å². The summed E-state index contributed by atoms with van der Waals surface area (Å²) in [5.74, 6) is 0.508. The van der Waals surface area contributed by atoms with E-state index < -0.39 is 11.0 Å². The highest BCUT2D eigenvalue weighted by Crippen LogP contribution is 2.36. The number of carbonyl (C=O) groups is 1. The van der Waals surface area contributed by atoms with Crippen molar-refractivity contribution < 1.29 is 33.4 Å². The lowest BCUT2D eigenvalue weighted by Crippen LogP contribution is -2.47. The minimum absolute atomic E-state index is 0.0955. The number of benzene rings is 3. The Labute approximate surface area is 246 Å². The Hall–Kier alpha value is -5.01. The third-order valence-electron chi connectivity index (χ3n) is 7.41. The maximum atomic E-state index is 12.9. The van der Waals surface area contributed by atoms with Gasteiger partial charge in [-0.1, -0.05) is 47.7 Å². The molecular weight excluding hydrogens is 558 g/mol. The van der Waals surface area contributed by atoms with Crippen LogP contribution in [-0.2, 0) is 27.4 Å². The average molecular weight is 588 g/mol. The van der Waals surface area contributed by atoms with E-state index >= 15 is 0 Å². The lowest BCUT2D eigenvalue weighted by Gasteiger charge is -2.29. The molecule has 3 atom stereocenters. The Morgan fingerprint density at radius 2 is 1.77 bits per heavy atom. The molecule has 0 N–H and O–H groups in total. The van der Waals surface area contributed by atoms with E-state index in [4.69, 9.17) is 23.7 Å². The van der Waals surface area contributed by atoms with Gasteiger partial charge >= 0.3 is 6.09 Å². The number of hydrogen-bond donors (Lipinski definition) is 0. The van der Waals surface area contributed by atoms with E-state index in [2.05, 4.69) is 10.3 Å². The Morgan fingerprint density at radius 1 is 1.02 bits per heavy atom. The highest BCUT2D eigenvalue weighted by atomic mass is 16.6. The van der Waals surface area contributed by atoms with E-state index in [9.17, 15) is 14.9 Å². The quantitative estimate of drug-likeness (QED) is 0.151. The number of nitrogens with zero attached hydrogens (tertiary/aromatic N) is 5. The molecule has 1 aromatic heterocycles. The van der Waals surface area contributed by atoms with Crippen LogP contribution < -0.4 is 9.47 Å². The molecule has 0 radical (unpaired) electrons. The van der Waals surface area contributed by atoms with Crippen molar-refractivity contribution in [1.82, 2.24) is 19.9 Å². The summed E-state index contributed by atoms with van der Waals surface area (Å²) in [5.41, 5.74) is 3.55. The second-order valence-electron chi connectivity index (χ2n) is 10.1. The number of epoxide rings is 1. The van der Waals surface area contributed by atoms with E-state index in [1.54, 1.807) is 4.68 Å². The first-order valence-corrected chi connectivity index (χ1v) is 13.6. The summed E-state index contributed by atoms with van der Waals surface area (Å²) in [6.45, 7) is 0.643. The van der Waals surface area contributed by atoms with Gasteiger partial charge in [0, 0.05) is 5.56 Å². The molecule has 13 heteroatoms. The number of aromatic nitrogens is 3. The number of piperidine rings is 1. The van der Waals surface area contributed by atoms with Crippen molar-refractivity contribution in [2.75, 3.05) is 27.3 Å². The van der Waals surface area contributed by atoms with Crippen LogP contribution in [0.25, 0.3) is 16.9 Å². The number of methoxy groups -OCH3 is 2. The molecular formula is C30H29N5O8. The molecule has 0 spiro atoms. The highest BCUT2D eigenvalue weighted by Gasteiger charge is 2.52. The number of hydrogen-bond acceptors (Lipinski definition) is 10. The van der Waals surface area contributed by atoms with Crippen LogP contribution in [0.3, 0.4) is 0 Å². The molecule has 222 valence electrons. The van der Waals surface area contributed by atoms with E-state index in [1.165, 1.54) is 31.3 Å². The van der Waals surface area contributed by atoms with Gasteiger partial charge in [0.15, 0.2) is 11.5 Å². The van der Waals surface area contributed by atoms with Gasteiger partial charge in [0.1, 0.15) is 30.6 Å². The van der Waals surface area contributed by atoms with Crippen molar-refractivity contribution in [3.05, 3.63) is 94.2 Å². The van der Waals surface area contributed by atoms with Crippen molar-refractivity contribution in [2.24, 2.45) is 0 Å². The Bertz CT molecular complexity index is 1610. The first kappa shape index (κ1) is 28.1. The monoisotopic (exact) mass is 587 g/mol. The van der Waals surface area contributed by atoms with Gasteiger partial charge in [-0.15, -0.1) is 5.10 Å². The molecule has 2 saturated heterocycles. The van der Waals surface area contributed by atoms with Crippen LogP contribution in [0.4, 0.5) is 10.5 Å². The first-order valence-electron chi connectivity index (χ1n) is 13.6. The van der Waals surface area contributed by atoms with Gasteiger partial charge in [0.25, 0.3) is 5.69 Å². The Morgan fingerprint density at radius 3 is 2.49 bits per heavy atom. The van der Waals surface area contributed by atoms with Gasteiger partial charge in [-0.25, -0.2) is 9.48 Å². The lowest BCUT2D eigenvalue weighted by molar-refractivity contribution is -0.385. The molecule has 0 saturated carbocycles. The second kappa shape index (κ2) is 12.1. The van der Waals surface area contributed by atoms with Crippen LogP contribution in [0.5, 0.6) is 11.5 Å². The standard InChI is InChI=1S/C30H29N5O8/c1-39-25-12-21(24(35(37)38)13-26(25)40-2)18-42-30(36)33-15-27(29-28(16-33)43-29)41-17-19-8-10-22(11-9-19)34-14-23(31-32-34)20-6-4-3-5-7-20/h3-14,27-29H,15-18H2,1-2H3/t27-,28-,29-/m1/s1. The molecule has 1 amide bonds. The Kier molecular flexibility index (Phi) is 7.90. The predicted molar refractivity (Wildman–Crippen MR) is 152 cm³/mol. The summed E-state index contributed by atoms with van der Waals surface area (Å²) < 4.78 is 29.4. The molecule has 3 aromatic carbocycles. The third kappa shape index (κ3) is 6.12. The van der Waals surface area contributed by atoms with Crippen molar-refractivity contribution >= 4 is 11.8 Å². The number of amides is 1. The molecule has 0 aliphatic carbocycles. The summed E-state index contributed by atoms with van der Waals surface area (Å²) in [4.78, 5) is 25.5. The SMILES string of the molecule is COc1cc(COC(=O)N2C[C@@H](OCc3ccc(-n4cc(-c5ccccc5)nn4)cc3)[C@H]3O[C@@H]3C2)c([N+](=O)[O-])cc1OC. The van der Waals surface area contributed by atoms with Gasteiger partial charge in [0.2, 0.25) is 0 Å². The zero-order chi connectivity index (χ0) is 29.9. The molecule has 2 aliphatic heterocycles. The molecule has 0 bridgehead atoms. The topological polar surface area (TPSA) is 144 Å². The van der Waals surface area contributed by atoms with Crippen LogP contribution >= 0.6 is 0 Å². The van der Waals surface area contributed by atoms with Crippen LogP contribution in [-0.4, -0.2) is 76.5 Å². The van der Waals surface area contributed by atoms with Crippen LogP contribution in [0, 0.1) is 10.1 Å². The van der Waals surface area contributed by atoms with Crippen LogP contribution in [0.2, 0.25) is 0 Å². The number of fused-ring (bicyclic) bond motifs is 1. The summed E-state index contributed by atoms with van der Waals surface area (Å²) >= 11 is 0. The third-order valence-corrected chi connectivity index (χ3v) is 7.41. The number of nitro groups is 1. The van der Waals surface area contributed by atoms with Gasteiger partial charge in [-0.3, -0.25) is 10.1 Å². The number of likely N-dealkylation sites (tertiary alicyclic amines) is 1. The van der Waals surface area contributed by atoms with Crippen molar-refractivity contribution in [3.63, 3.8) is 0 Å². The van der Waals surface area contributed by atoms with Crippen molar-refractivity contribution in [1.29, 1.82) is 0 Å². The van der Waals surface area contributed by atoms with Crippen LogP contribution in [0.15, 0.2) is 72.9 Å². The fraction of sp³-hybridized carbons (Fsp3) is 0.300. The largest absolute Gasteiger partial charge is 0.493 e. The fourth-order valence-electron chi connectivity index (χ4n) is 5.05. The summed E-state index contributed by atoms with van der Waals surface area (Å²) in [6, 6.07) is 20.3. The summed E-state index contributed by atoms with van der Waals surface area (Å²) in [6.07, 6.45) is 0.686. The minimum Gasteiger partial charge on any atom is -0.493 e. The van der Waals surface area contributed by atoms with Gasteiger partial charge in [-0.2, -0.15) is 0 Å². The zero-order valence-electron chi connectivity index (χ0n) is 23.5. The zero-order valence-corrected chi connectivity index (χ0v) is 23.5. The van der Waals surface area contributed by atoms with Gasteiger partial charge < -0.3 is 28.6 Å². The molecule has 2 fully saturated rings. The van der Waals surface area contributed by atoms with Crippen molar-refractivity contribution in [3.8, 4) is 28.4 Å². The molecule has 6 rings (SSSR count). The van der Waals surface area contributed by atoms with E-state index in [-0.39, 0.29) is 48.5 Å². The second-order valence-corrected chi connectivity index (χ2v) is 10.1. The smallest absolute Gasteiger partial charge is 0.410 e. The van der Waals surface area contributed by atoms with Crippen molar-refractivity contribution in [2.45, 2.75) is 31.5 Å². The van der Waals surface area contributed by atoms with Gasteiger partial charge in [-0.05, 0) is 23.8 Å². The summed E-state index contributed by atoms with van der Waals surface area (Å²) in [5, 5.41) is 20.1. The van der Waals surface area contributed by atoms with E-state index in [0.717, 1.165) is 22.5 Å². The minimum atomic E-state index is -0.612.